The number of amides is 2. The van der Waals surface area contributed by atoms with Crippen LogP contribution in [0.4, 0.5) is 5.69 Å². The van der Waals surface area contributed by atoms with E-state index in [1.165, 1.54) is 0 Å². The maximum Gasteiger partial charge on any atom is 0.248 e. The highest BCUT2D eigenvalue weighted by Gasteiger charge is 2.32. The first-order valence-electron chi connectivity index (χ1n) is 6.70. The molecule has 0 bridgehead atoms. The van der Waals surface area contributed by atoms with Gasteiger partial charge in [-0.25, -0.2) is 0 Å². The van der Waals surface area contributed by atoms with Gasteiger partial charge in [0.05, 0.1) is 6.54 Å². The van der Waals surface area contributed by atoms with Crippen LogP contribution < -0.4 is 10.2 Å². The van der Waals surface area contributed by atoms with E-state index in [4.69, 9.17) is 11.6 Å². The van der Waals surface area contributed by atoms with Crippen molar-refractivity contribution in [3.63, 3.8) is 0 Å². The summed E-state index contributed by atoms with van der Waals surface area (Å²) in [4.78, 5) is 27.2. The Morgan fingerprint density at radius 2 is 2.20 bits per heavy atom. The van der Waals surface area contributed by atoms with Crippen molar-refractivity contribution in [1.82, 2.24) is 10.2 Å². The third-order valence-electron chi connectivity index (χ3n) is 3.53. The lowest BCUT2D eigenvalue weighted by Gasteiger charge is -2.18. The minimum absolute atomic E-state index is 0.0326. The maximum atomic E-state index is 12.0. The molecule has 2 aliphatic rings. The van der Waals surface area contributed by atoms with Gasteiger partial charge in [0, 0.05) is 16.8 Å². The predicted molar refractivity (Wildman–Crippen MR) is 76.5 cm³/mol. The third-order valence-corrected chi connectivity index (χ3v) is 3.77. The molecule has 106 valence electrons. The largest absolute Gasteiger partial charge is 0.314 e. The Morgan fingerprint density at radius 3 is 2.90 bits per heavy atom. The Bertz CT molecular complexity index is 545. The third kappa shape index (κ3) is 2.94. The van der Waals surface area contributed by atoms with Crippen molar-refractivity contribution in [1.29, 1.82) is 0 Å². The van der Waals surface area contributed by atoms with Crippen molar-refractivity contribution in [2.45, 2.75) is 18.9 Å². The van der Waals surface area contributed by atoms with Crippen LogP contribution in [-0.4, -0.2) is 42.5 Å². The Hall–Kier alpha value is -1.59. The lowest BCUT2D eigenvalue weighted by Crippen LogP contribution is -2.38. The molecule has 1 aliphatic carbocycles. The monoisotopic (exact) mass is 293 g/mol. The molecule has 0 unspecified atom stereocenters. The lowest BCUT2D eigenvalue weighted by atomic mass is 10.3. The minimum atomic E-state index is -0.0768. The standard InChI is InChI=1S/C14H16ClN3O2/c15-10-2-1-3-12(6-10)18-9-17(8-14(18)20)13(19)7-16-11-4-5-11/h1-3,6,11,16H,4-5,7-9H2. The maximum absolute atomic E-state index is 12.0. The van der Waals surface area contributed by atoms with E-state index in [0.29, 0.717) is 24.3 Å². The average Bonchev–Trinajstić information content (AvgIpc) is 3.17. The molecule has 0 radical (unpaired) electrons. The van der Waals surface area contributed by atoms with E-state index in [0.717, 1.165) is 18.5 Å². The molecule has 1 saturated heterocycles. The molecule has 1 aliphatic heterocycles. The molecule has 0 atom stereocenters. The highest BCUT2D eigenvalue weighted by atomic mass is 35.5. The molecule has 1 heterocycles. The van der Waals surface area contributed by atoms with Crippen molar-refractivity contribution in [3.05, 3.63) is 29.3 Å². The Labute approximate surface area is 122 Å². The first-order chi connectivity index (χ1) is 9.63. The molecule has 1 aromatic rings. The zero-order valence-corrected chi connectivity index (χ0v) is 11.8. The summed E-state index contributed by atoms with van der Waals surface area (Å²) in [5.41, 5.74) is 0.730. The number of nitrogens with one attached hydrogen (secondary N) is 1. The zero-order valence-electron chi connectivity index (χ0n) is 11.0. The summed E-state index contributed by atoms with van der Waals surface area (Å²) in [6, 6.07) is 7.59. The fourth-order valence-corrected chi connectivity index (χ4v) is 2.40. The number of benzene rings is 1. The van der Waals surface area contributed by atoms with Crippen LogP contribution in [0.25, 0.3) is 0 Å². The molecule has 5 nitrogen and oxygen atoms in total. The summed E-state index contributed by atoms with van der Waals surface area (Å²) < 4.78 is 0. The van der Waals surface area contributed by atoms with Gasteiger partial charge < -0.3 is 10.2 Å². The number of carbonyl (C=O) groups is 2. The summed E-state index contributed by atoms with van der Waals surface area (Å²) in [6.45, 7) is 0.739. The predicted octanol–water partition coefficient (Wildman–Crippen LogP) is 1.22. The van der Waals surface area contributed by atoms with Gasteiger partial charge in [-0.3, -0.25) is 14.5 Å². The number of rotatable bonds is 4. The smallest absolute Gasteiger partial charge is 0.248 e. The number of hydrogen-bond acceptors (Lipinski definition) is 3. The van der Waals surface area contributed by atoms with Crippen molar-refractivity contribution in [3.8, 4) is 0 Å². The van der Waals surface area contributed by atoms with Crippen LogP contribution in [-0.2, 0) is 9.59 Å². The molecule has 20 heavy (non-hydrogen) atoms. The van der Waals surface area contributed by atoms with Crippen LogP contribution >= 0.6 is 11.6 Å². The van der Waals surface area contributed by atoms with E-state index in [-0.39, 0.29) is 18.4 Å². The molecule has 3 rings (SSSR count). The number of hydrogen-bond donors (Lipinski definition) is 1. The number of carbonyl (C=O) groups excluding carboxylic acids is 2. The fraction of sp³-hybridized carbons (Fsp3) is 0.429. The quantitative estimate of drug-likeness (QED) is 0.908. The van der Waals surface area contributed by atoms with Gasteiger partial charge in [-0.15, -0.1) is 0 Å². The van der Waals surface area contributed by atoms with Gasteiger partial charge in [0.1, 0.15) is 13.2 Å². The van der Waals surface area contributed by atoms with Gasteiger partial charge in [-0.2, -0.15) is 0 Å². The van der Waals surface area contributed by atoms with E-state index in [1.54, 1.807) is 28.0 Å². The Balaban J connectivity index is 1.63. The van der Waals surface area contributed by atoms with Gasteiger partial charge in [-0.05, 0) is 31.0 Å². The first kappa shape index (κ1) is 13.4. The van der Waals surface area contributed by atoms with Gasteiger partial charge in [-0.1, -0.05) is 17.7 Å². The van der Waals surface area contributed by atoms with Gasteiger partial charge in [0.2, 0.25) is 11.8 Å². The molecular formula is C14H16ClN3O2. The van der Waals surface area contributed by atoms with Crippen LogP contribution in [0, 0.1) is 0 Å². The van der Waals surface area contributed by atoms with Crippen LogP contribution in [0.1, 0.15) is 12.8 Å². The van der Waals surface area contributed by atoms with E-state index in [9.17, 15) is 9.59 Å². The Kier molecular flexibility index (Phi) is 3.63. The first-order valence-corrected chi connectivity index (χ1v) is 7.08. The summed E-state index contributed by atoms with van der Waals surface area (Å²) in [5, 5.41) is 3.75. The second-order valence-corrected chi connectivity index (χ2v) is 5.63. The van der Waals surface area contributed by atoms with E-state index in [2.05, 4.69) is 5.32 Å². The van der Waals surface area contributed by atoms with Gasteiger partial charge in [0.25, 0.3) is 0 Å². The molecule has 1 N–H and O–H groups in total. The lowest BCUT2D eigenvalue weighted by molar-refractivity contribution is -0.130. The number of anilines is 1. The minimum Gasteiger partial charge on any atom is -0.314 e. The molecule has 6 heteroatoms. The van der Waals surface area contributed by atoms with Crippen LogP contribution in [0.2, 0.25) is 5.02 Å². The van der Waals surface area contributed by atoms with Crippen LogP contribution in [0.5, 0.6) is 0 Å². The Morgan fingerprint density at radius 1 is 1.40 bits per heavy atom. The second-order valence-electron chi connectivity index (χ2n) is 5.19. The summed E-state index contributed by atoms with van der Waals surface area (Å²) in [7, 11) is 0. The zero-order chi connectivity index (χ0) is 14.1. The molecule has 2 amide bonds. The average molecular weight is 294 g/mol. The van der Waals surface area contributed by atoms with Crippen molar-refractivity contribution in [2.75, 3.05) is 24.7 Å². The van der Waals surface area contributed by atoms with Crippen molar-refractivity contribution >= 4 is 29.1 Å². The molecule has 0 aromatic heterocycles. The van der Waals surface area contributed by atoms with Crippen LogP contribution in [0.15, 0.2) is 24.3 Å². The van der Waals surface area contributed by atoms with E-state index < -0.39 is 0 Å². The number of nitrogens with zero attached hydrogens (tertiary/aromatic N) is 2. The van der Waals surface area contributed by atoms with Crippen molar-refractivity contribution in [2.24, 2.45) is 0 Å². The highest BCUT2D eigenvalue weighted by Crippen LogP contribution is 2.23. The summed E-state index contributed by atoms with van der Waals surface area (Å²) in [6.07, 6.45) is 2.28. The van der Waals surface area contributed by atoms with E-state index in [1.807, 2.05) is 6.07 Å². The number of halogens is 1. The molecule has 1 saturated carbocycles. The molecule has 2 fully saturated rings. The van der Waals surface area contributed by atoms with Crippen molar-refractivity contribution < 1.29 is 9.59 Å². The van der Waals surface area contributed by atoms with Gasteiger partial charge in [0.15, 0.2) is 0 Å². The molecule has 1 aromatic carbocycles. The van der Waals surface area contributed by atoms with Gasteiger partial charge >= 0.3 is 0 Å². The SMILES string of the molecule is O=C(CNC1CC1)N1CC(=O)N(c2cccc(Cl)c2)C1. The topological polar surface area (TPSA) is 52.7 Å². The normalized spacial score (nSPS) is 18.8. The molecular weight excluding hydrogens is 278 g/mol. The molecule has 0 spiro atoms. The highest BCUT2D eigenvalue weighted by molar-refractivity contribution is 6.30. The van der Waals surface area contributed by atoms with Crippen LogP contribution in [0.3, 0.4) is 0 Å². The summed E-state index contributed by atoms with van der Waals surface area (Å²) >= 11 is 5.93. The fourth-order valence-electron chi connectivity index (χ4n) is 2.22. The van der Waals surface area contributed by atoms with E-state index >= 15 is 0 Å². The summed E-state index contributed by atoms with van der Waals surface area (Å²) in [5.74, 6) is -0.109. The second kappa shape index (κ2) is 5.42.